The summed E-state index contributed by atoms with van der Waals surface area (Å²) in [4.78, 5) is 8.59. The molecule has 0 spiro atoms. The molecular formula is C17H13Br2N3O2. The Balaban J connectivity index is 2.09. The van der Waals surface area contributed by atoms with Gasteiger partial charge < -0.3 is 15.6 Å². The Hall–Kier alpha value is -2.12. The summed E-state index contributed by atoms with van der Waals surface area (Å²) in [5.74, 6) is 1.09. The topological polar surface area (TPSA) is 81.3 Å². The van der Waals surface area contributed by atoms with Crippen LogP contribution < -0.4 is 10.5 Å². The first-order valence-electron chi connectivity index (χ1n) is 6.95. The quantitative estimate of drug-likeness (QED) is 0.607. The van der Waals surface area contributed by atoms with Crippen molar-refractivity contribution in [3.05, 3.63) is 51.4 Å². The summed E-state index contributed by atoms with van der Waals surface area (Å²) >= 11 is 6.65. The maximum Gasteiger partial charge on any atom is 0.221 e. The first-order chi connectivity index (χ1) is 11.5. The van der Waals surface area contributed by atoms with Crippen LogP contribution in [0.2, 0.25) is 0 Å². The Morgan fingerprint density at radius 1 is 0.917 bits per heavy atom. The van der Waals surface area contributed by atoms with Gasteiger partial charge in [-0.1, -0.05) is 0 Å². The molecule has 3 N–H and O–H groups in total. The second-order valence-electron chi connectivity index (χ2n) is 5.01. The number of ether oxygens (including phenoxy) is 1. The van der Waals surface area contributed by atoms with Crippen LogP contribution >= 0.6 is 31.9 Å². The first-order valence-corrected chi connectivity index (χ1v) is 8.54. The van der Waals surface area contributed by atoms with Gasteiger partial charge in [0.1, 0.15) is 11.5 Å². The number of methoxy groups -OCH3 is 1. The number of aromatic nitrogens is 2. The highest BCUT2D eigenvalue weighted by molar-refractivity contribution is 9.11. The Kier molecular flexibility index (Phi) is 4.73. The minimum Gasteiger partial charge on any atom is -0.506 e. The molecule has 0 bridgehead atoms. The summed E-state index contributed by atoms with van der Waals surface area (Å²) in [5.41, 5.74) is 8.95. The predicted molar refractivity (Wildman–Crippen MR) is 101 cm³/mol. The van der Waals surface area contributed by atoms with Crippen molar-refractivity contribution in [1.82, 2.24) is 9.97 Å². The second kappa shape index (κ2) is 6.78. The molecule has 0 saturated carbocycles. The molecule has 0 radical (unpaired) electrons. The van der Waals surface area contributed by atoms with Gasteiger partial charge in [-0.15, -0.1) is 0 Å². The van der Waals surface area contributed by atoms with E-state index in [0.717, 1.165) is 16.9 Å². The molecular weight excluding hydrogens is 438 g/mol. The van der Waals surface area contributed by atoms with Crippen molar-refractivity contribution in [2.45, 2.75) is 0 Å². The third kappa shape index (κ3) is 3.37. The molecule has 0 aliphatic carbocycles. The van der Waals surface area contributed by atoms with E-state index in [-0.39, 0.29) is 11.7 Å². The van der Waals surface area contributed by atoms with Gasteiger partial charge in [0.05, 0.1) is 27.4 Å². The summed E-state index contributed by atoms with van der Waals surface area (Å²) in [7, 11) is 1.62. The number of nitrogen functional groups attached to an aromatic ring is 1. The van der Waals surface area contributed by atoms with Crippen molar-refractivity contribution in [1.29, 1.82) is 0 Å². The number of rotatable bonds is 3. The van der Waals surface area contributed by atoms with E-state index in [2.05, 4.69) is 41.8 Å². The van der Waals surface area contributed by atoms with E-state index in [4.69, 9.17) is 10.5 Å². The third-order valence-electron chi connectivity index (χ3n) is 3.44. The van der Waals surface area contributed by atoms with Crippen molar-refractivity contribution in [2.75, 3.05) is 12.8 Å². The van der Waals surface area contributed by atoms with E-state index >= 15 is 0 Å². The highest BCUT2D eigenvalue weighted by atomic mass is 79.9. The van der Waals surface area contributed by atoms with Crippen LogP contribution in [0.4, 0.5) is 5.95 Å². The third-order valence-corrected chi connectivity index (χ3v) is 4.65. The van der Waals surface area contributed by atoms with Gasteiger partial charge in [-0.25, -0.2) is 9.97 Å². The van der Waals surface area contributed by atoms with Gasteiger partial charge >= 0.3 is 0 Å². The molecule has 1 aromatic heterocycles. The van der Waals surface area contributed by atoms with Crippen LogP contribution in [0, 0.1) is 0 Å². The second-order valence-corrected chi connectivity index (χ2v) is 6.72. The van der Waals surface area contributed by atoms with E-state index in [9.17, 15) is 5.11 Å². The highest BCUT2D eigenvalue weighted by Gasteiger charge is 2.11. The lowest BCUT2D eigenvalue weighted by Gasteiger charge is -2.09. The molecule has 0 amide bonds. The van der Waals surface area contributed by atoms with Crippen molar-refractivity contribution in [2.24, 2.45) is 0 Å². The van der Waals surface area contributed by atoms with Gasteiger partial charge in [-0.3, -0.25) is 0 Å². The number of aromatic hydroxyl groups is 1. The van der Waals surface area contributed by atoms with Gasteiger partial charge in [0.2, 0.25) is 5.95 Å². The Bertz CT molecular complexity index is 876. The lowest BCUT2D eigenvalue weighted by atomic mass is 10.1. The minimum atomic E-state index is 0.135. The Labute approximate surface area is 155 Å². The molecule has 0 fully saturated rings. The normalized spacial score (nSPS) is 10.6. The molecule has 122 valence electrons. The molecule has 0 aliphatic rings. The molecule has 0 unspecified atom stereocenters. The zero-order chi connectivity index (χ0) is 17.3. The summed E-state index contributed by atoms with van der Waals surface area (Å²) in [6.07, 6.45) is 0. The largest absolute Gasteiger partial charge is 0.506 e. The van der Waals surface area contributed by atoms with Crippen LogP contribution in [-0.4, -0.2) is 22.2 Å². The zero-order valence-electron chi connectivity index (χ0n) is 12.6. The summed E-state index contributed by atoms with van der Waals surface area (Å²) in [6.45, 7) is 0. The zero-order valence-corrected chi connectivity index (χ0v) is 15.8. The number of nitrogens with zero attached hydrogens (tertiary/aromatic N) is 2. The maximum atomic E-state index is 9.85. The van der Waals surface area contributed by atoms with Gasteiger partial charge in [-0.05, 0) is 74.3 Å². The fourth-order valence-electron chi connectivity index (χ4n) is 2.24. The number of nitrogens with two attached hydrogens (primary N) is 1. The van der Waals surface area contributed by atoms with Gasteiger partial charge in [0.15, 0.2) is 0 Å². The van der Waals surface area contributed by atoms with Crippen molar-refractivity contribution < 1.29 is 9.84 Å². The highest BCUT2D eigenvalue weighted by Crippen LogP contribution is 2.37. The number of anilines is 1. The predicted octanol–water partition coefficient (Wildman–Crippen LogP) is 4.63. The lowest BCUT2D eigenvalue weighted by Crippen LogP contribution is -1.99. The number of phenols is 1. The number of benzene rings is 2. The van der Waals surface area contributed by atoms with Crippen LogP contribution in [0.3, 0.4) is 0 Å². The van der Waals surface area contributed by atoms with Crippen molar-refractivity contribution >= 4 is 37.8 Å². The smallest absolute Gasteiger partial charge is 0.221 e. The van der Waals surface area contributed by atoms with Crippen LogP contribution in [0.5, 0.6) is 11.5 Å². The molecule has 0 aliphatic heterocycles. The molecule has 0 saturated heterocycles. The fourth-order valence-corrected chi connectivity index (χ4v) is 3.42. The van der Waals surface area contributed by atoms with E-state index in [0.29, 0.717) is 20.3 Å². The average molecular weight is 451 g/mol. The van der Waals surface area contributed by atoms with E-state index in [1.165, 1.54) is 0 Å². The Morgan fingerprint density at radius 2 is 1.46 bits per heavy atom. The molecule has 7 heteroatoms. The van der Waals surface area contributed by atoms with Gasteiger partial charge in [0.25, 0.3) is 0 Å². The molecule has 3 rings (SSSR count). The van der Waals surface area contributed by atoms with Crippen LogP contribution in [0.1, 0.15) is 0 Å². The Morgan fingerprint density at radius 3 is 2.00 bits per heavy atom. The lowest BCUT2D eigenvalue weighted by molar-refractivity contribution is 0.415. The van der Waals surface area contributed by atoms with Gasteiger partial charge in [0, 0.05) is 11.1 Å². The van der Waals surface area contributed by atoms with E-state index < -0.39 is 0 Å². The molecule has 2 aromatic carbocycles. The van der Waals surface area contributed by atoms with E-state index in [1.807, 2.05) is 30.3 Å². The molecule has 0 atom stereocenters. The minimum absolute atomic E-state index is 0.135. The standard InChI is InChI=1S/C17H13Br2N3O2/c1-24-11-4-2-9(3-5-11)14-8-15(22-17(20)21-14)10-6-12(18)16(23)13(19)7-10/h2-8,23H,1H3,(H2,20,21,22). The summed E-state index contributed by atoms with van der Waals surface area (Å²) in [5, 5.41) is 9.85. The van der Waals surface area contributed by atoms with Crippen molar-refractivity contribution in [3.8, 4) is 34.0 Å². The van der Waals surface area contributed by atoms with E-state index in [1.54, 1.807) is 19.2 Å². The van der Waals surface area contributed by atoms with Crippen LogP contribution in [-0.2, 0) is 0 Å². The fraction of sp³-hybridized carbons (Fsp3) is 0.0588. The van der Waals surface area contributed by atoms with Crippen LogP contribution in [0.25, 0.3) is 22.5 Å². The first kappa shape index (κ1) is 16.7. The molecule has 3 aromatic rings. The van der Waals surface area contributed by atoms with Crippen molar-refractivity contribution in [3.63, 3.8) is 0 Å². The number of hydrogen-bond acceptors (Lipinski definition) is 5. The SMILES string of the molecule is COc1ccc(-c2cc(-c3cc(Br)c(O)c(Br)c3)nc(N)n2)cc1. The summed E-state index contributed by atoms with van der Waals surface area (Å²) < 4.78 is 6.30. The maximum absolute atomic E-state index is 9.85. The number of halogens is 2. The monoisotopic (exact) mass is 449 g/mol. The number of hydrogen-bond donors (Lipinski definition) is 2. The number of phenolic OH excluding ortho intramolecular Hbond substituents is 1. The van der Waals surface area contributed by atoms with Gasteiger partial charge in [-0.2, -0.15) is 0 Å². The van der Waals surface area contributed by atoms with Crippen LogP contribution in [0.15, 0.2) is 51.4 Å². The molecule has 1 heterocycles. The summed E-state index contributed by atoms with van der Waals surface area (Å²) in [6, 6.07) is 12.9. The molecule has 5 nitrogen and oxygen atoms in total. The average Bonchev–Trinajstić information content (AvgIpc) is 2.58. The molecule has 24 heavy (non-hydrogen) atoms.